The minimum atomic E-state index is -0.345. The maximum atomic E-state index is 13.9. The van der Waals surface area contributed by atoms with Gasteiger partial charge >= 0.3 is 0 Å². The molecule has 0 radical (unpaired) electrons. The molecule has 2 heterocycles. The average molecular weight is 362 g/mol. The van der Waals surface area contributed by atoms with Crippen molar-refractivity contribution in [3.63, 3.8) is 0 Å². The number of allylic oxidation sites excluding steroid dienone is 1. The molecule has 27 heavy (non-hydrogen) atoms. The Kier molecular flexibility index (Phi) is 4.78. The van der Waals surface area contributed by atoms with Gasteiger partial charge in [0, 0.05) is 18.7 Å². The number of ketones is 1. The Labute approximate surface area is 156 Å². The van der Waals surface area contributed by atoms with Crippen LogP contribution in [0.2, 0.25) is 0 Å². The van der Waals surface area contributed by atoms with E-state index in [1.54, 1.807) is 12.1 Å². The van der Waals surface area contributed by atoms with E-state index in [0.717, 1.165) is 31.5 Å². The monoisotopic (exact) mass is 362 g/mol. The molecule has 0 atom stereocenters. The van der Waals surface area contributed by atoms with E-state index < -0.39 is 0 Å². The van der Waals surface area contributed by atoms with Gasteiger partial charge in [-0.25, -0.2) is 14.1 Å². The first-order valence-electron chi connectivity index (χ1n) is 8.93. The highest BCUT2D eigenvalue weighted by atomic mass is 19.1. The molecule has 5 nitrogen and oxygen atoms in total. The fourth-order valence-electron chi connectivity index (χ4n) is 3.33. The summed E-state index contributed by atoms with van der Waals surface area (Å²) in [4.78, 5) is 19.5. The van der Waals surface area contributed by atoms with Crippen LogP contribution in [-0.4, -0.2) is 33.6 Å². The minimum Gasteiger partial charge on any atom is -0.371 e. The van der Waals surface area contributed by atoms with Gasteiger partial charge in [0.05, 0.1) is 5.69 Å². The van der Waals surface area contributed by atoms with Gasteiger partial charge in [-0.3, -0.25) is 4.79 Å². The van der Waals surface area contributed by atoms with Crippen molar-refractivity contribution >= 4 is 23.2 Å². The van der Waals surface area contributed by atoms with E-state index in [1.807, 2.05) is 30.3 Å². The summed E-state index contributed by atoms with van der Waals surface area (Å²) >= 11 is 0. The number of hydrogen-bond acceptors (Lipinski definition) is 4. The summed E-state index contributed by atoms with van der Waals surface area (Å²) in [6, 6.07) is 13.9. The number of nitrogens with zero attached hydrogens (tertiary/aromatic N) is 4. The SMILES string of the molecule is O=C(C(=Cc1ccccc1)n1cncn1)c1ccc(F)cc1N1CCCC1. The number of hydrogen-bond donors (Lipinski definition) is 0. The van der Waals surface area contributed by atoms with E-state index in [0.29, 0.717) is 16.9 Å². The van der Waals surface area contributed by atoms with Gasteiger partial charge in [0.25, 0.3) is 0 Å². The molecule has 1 aliphatic heterocycles. The highest BCUT2D eigenvalue weighted by Crippen LogP contribution is 2.29. The molecule has 6 heteroatoms. The summed E-state index contributed by atoms with van der Waals surface area (Å²) in [6.45, 7) is 1.65. The van der Waals surface area contributed by atoms with Crippen LogP contribution in [0.25, 0.3) is 11.8 Å². The molecule has 1 fully saturated rings. The Hall–Kier alpha value is -3.28. The summed E-state index contributed by atoms with van der Waals surface area (Å²) in [5.41, 5.74) is 2.35. The second-order valence-corrected chi connectivity index (χ2v) is 6.47. The smallest absolute Gasteiger partial charge is 0.213 e. The maximum Gasteiger partial charge on any atom is 0.213 e. The molecule has 0 unspecified atom stereocenters. The van der Waals surface area contributed by atoms with Crippen molar-refractivity contribution in [2.24, 2.45) is 0 Å². The van der Waals surface area contributed by atoms with E-state index >= 15 is 0 Å². The summed E-state index contributed by atoms with van der Waals surface area (Å²) in [5.74, 6) is -0.561. The molecule has 0 aliphatic carbocycles. The number of carbonyl (C=O) groups excluding carboxylic acids is 1. The maximum absolute atomic E-state index is 13.9. The Bertz CT molecular complexity index is 961. The molecule has 1 saturated heterocycles. The highest BCUT2D eigenvalue weighted by Gasteiger charge is 2.23. The van der Waals surface area contributed by atoms with Crippen LogP contribution in [0.5, 0.6) is 0 Å². The number of halogens is 1. The quantitative estimate of drug-likeness (QED) is 0.510. The number of aromatic nitrogens is 3. The van der Waals surface area contributed by atoms with Crippen LogP contribution in [-0.2, 0) is 0 Å². The number of rotatable bonds is 5. The Balaban J connectivity index is 1.80. The van der Waals surface area contributed by atoms with Crippen molar-refractivity contribution in [3.05, 3.63) is 78.1 Å². The second-order valence-electron chi connectivity index (χ2n) is 6.47. The molecule has 0 bridgehead atoms. The van der Waals surface area contributed by atoms with Crippen molar-refractivity contribution in [1.82, 2.24) is 14.8 Å². The van der Waals surface area contributed by atoms with Crippen LogP contribution >= 0.6 is 0 Å². The minimum absolute atomic E-state index is 0.216. The molecule has 136 valence electrons. The van der Waals surface area contributed by atoms with Crippen LogP contribution in [0.4, 0.5) is 10.1 Å². The molecule has 0 saturated carbocycles. The first kappa shape index (κ1) is 17.1. The van der Waals surface area contributed by atoms with Gasteiger partial charge in [0.1, 0.15) is 24.2 Å². The fourth-order valence-corrected chi connectivity index (χ4v) is 3.33. The first-order chi connectivity index (χ1) is 13.2. The van der Waals surface area contributed by atoms with E-state index in [4.69, 9.17) is 0 Å². The van der Waals surface area contributed by atoms with Gasteiger partial charge < -0.3 is 4.90 Å². The third kappa shape index (κ3) is 3.65. The van der Waals surface area contributed by atoms with Crippen LogP contribution in [0.1, 0.15) is 28.8 Å². The van der Waals surface area contributed by atoms with Crippen LogP contribution in [0.15, 0.2) is 61.2 Å². The van der Waals surface area contributed by atoms with E-state index in [9.17, 15) is 9.18 Å². The van der Waals surface area contributed by atoms with E-state index in [-0.39, 0.29) is 11.6 Å². The number of Topliss-reactive ketones (excluding diaryl/α,β-unsaturated/α-hetero) is 1. The molecule has 0 spiro atoms. The molecular weight excluding hydrogens is 343 g/mol. The largest absolute Gasteiger partial charge is 0.371 e. The van der Waals surface area contributed by atoms with Crippen molar-refractivity contribution in [3.8, 4) is 0 Å². The molecule has 3 aromatic rings. The zero-order chi connectivity index (χ0) is 18.6. The lowest BCUT2D eigenvalue weighted by Gasteiger charge is -2.21. The van der Waals surface area contributed by atoms with Crippen molar-refractivity contribution in [2.45, 2.75) is 12.8 Å². The normalized spacial score (nSPS) is 14.6. The molecule has 1 aliphatic rings. The molecule has 2 aromatic carbocycles. The van der Waals surface area contributed by atoms with Crippen molar-refractivity contribution in [2.75, 3.05) is 18.0 Å². The highest BCUT2D eigenvalue weighted by molar-refractivity contribution is 6.29. The van der Waals surface area contributed by atoms with Gasteiger partial charge in [-0.15, -0.1) is 0 Å². The molecule has 0 N–H and O–H groups in total. The molecule has 0 amide bonds. The first-order valence-corrected chi connectivity index (χ1v) is 8.93. The lowest BCUT2D eigenvalue weighted by atomic mass is 10.0. The number of carbonyl (C=O) groups is 1. The van der Waals surface area contributed by atoms with Crippen LogP contribution in [0.3, 0.4) is 0 Å². The number of benzene rings is 2. The van der Waals surface area contributed by atoms with Crippen LogP contribution < -0.4 is 4.90 Å². The zero-order valence-electron chi connectivity index (χ0n) is 14.8. The van der Waals surface area contributed by atoms with Gasteiger partial charge in [-0.1, -0.05) is 30.3 Å². The Morgan fingerprint density at radius 1 is 1.07 bits per heavy atom. The van der Waals surface area contributed by atoms with Crippen LogP contribution in [0, 0.1) is 5.82 Å². The second kappa shape index (κ2) is 7.53. The zero-order valence-corrected chi connectivity index (χ0v) is 14.8. The van der Waals surface area contributed by atoms with Gasteiger partial charge in [0.15, 0.2) is 0 Å². The summed E-state index contributed by atoms with van der Waals surface area (Å²) in [5, 5.41) is 4.13. The van der Waals surface area contributed by atoms with Gasteiger partial charge in [-0.05, 0) is 42.7 Å². The standard InChI is InChI=1S/C21H19FN4O/c22-17-8-9-18(19(13-17)25-10-4-5-11-25)21(27)20(26-15-23-14-24-26)12-16-6-2-1-3-7-16/h1-3,6-9,12-15H,4-5,10-11H2. The van der Waals surface area contributed by atoms with E-state index in [1.165, 1.54) is 29.5 Å². The average Bonchev–Trinajstić information content (AvgIpc) is 3.40. The van der Waals surface area contributed by atoms with Crippen molar-refractivity contribution < 1.29 is 9.18 Å². The third-order valence-corrected chi connectivity index (χ3v) is 4.65. The Morgan fingerprint density at radius 2 is 1.85 bits per heavy atom. The summed E-state index contributed by atoms with van der Waals surface area (Å²) < 4.78 is 15.4. The molecule has 4 rings (SSSR count). The third-order valence-electron chi connectivity index (χ3n) is 4.65. The lowest BCUT2D eigenvalue weighted by molar-refractivity contribution is 0.105. The summed E-state index contributed by atoms with van der Waals surface area (Å²) in [7, 11) is 0. The Morgan fingerprint density at radius 3 is 2.56 bits per heavy atom. The lowest BCUT2D eigenvalue weighted by Crippen LogP contribution is -2.22. The topological polar surface area (TPSA) is 51.0 Å². The van der Waals surface area contributed by atoms with Gasteiger partial charge in [0.2, 0.25) is 5.78 Å². The predicted octanol–water partition coefficient (Wildman–Crippen LogP) is 3.90. The van der Waals surface area contributed by atoms with E-state index in [2.05, 4.69) is 15.0 Å². The predicted molar refractivity (Wildman–Crippen MR) is 103 cm³/mol. The molecular formula is C21H19FN4O. The summed E-state index contributed by atoms with van der Waals surface area (Å²) in [6.07, 6.45) is 6.73. The van der Waals surface area contributed by atoms with Crippen molar-refractivity contribution in [1.29, 1.82) is 0 Å². The van der Waals surface area contributed by atoms with Gasteiger partial charge in [-0.2, -0.15) is 5.10 Å². The fraction of sp³-hybridized carbons (Fsp3) is 0.190. The molecule has 1 aromatic heterocycles. The number of anilines is 1.